The lowest BCUT2D eigenvalue weighted by Crippen LogP contribution is -2.55. The van der Waals surface area contributed by atoms with Gasteiger partial charge in [-0.2, -0.15) is 0 Å². The van der Waals surface area contributed by atoms with Crippen LogP contribution in [0, 0.1) is 5.92 Å². The van der Waals surface area contributed by atoms with Crippen LogP contribution in [0.4, 0.5) is 9.59 Å². The molecule has 2 heterocycles. The SMILES string of the molecule is C=CCCCCCCCCNC(=O)N[C@H]1CCCNC(=O)C1[C@@H]1CCC(NC(=O)NCCCCCCCCCC)CC(=O)N1. The van der Waals surface area contributed by atoms with Crippen LogP contribution >= 0.6 is 0 Å². The van der Waals surface area contributed by atoms with Crippen molar-refractivity contribution in [2.45, 2.75) is 153 Å². The van der Waals surface area contributed by atoms with Crippen molar-refractivity contribution in [1.82, 2.24) is 31.9 Å². The van der Waals surface area contributed by atoms with E-state index in [4.69, 9.17) is 0 Å². The fourth-order valence-corrected chi connectivity index (χ4v) is 6.32. The molecule has 6 amide bonds. The third kappa shape index (κ3) is 16.3. The number of allylic oxidation sites excluding steroid dienone is 1. The molecule has 0 aliphatic carbocycles. The highest BCUT2D eigenvalue weighted by Gasteiger charge is 2.40. The summed E-state index contributed by atoms with van der Waals surface area (Å²) < 4.78 is 0. The minimum atomic E-state index is -0.572. The molecule has 10 nitrogen and oxygen atoms in total. The predicted octanol–water partition coefficient (Wildman–Crippen LogP) is 5.57. The van der Waals surface area contributed by atoms with Crippen LogP contribution in [0.15, 0.2) is 12.7 Å². The Morgan fingerprint density at radius 1 is 0.795 bits per heavy atom. The number of carbonyl (C=O) groups excluding carboxylic acids is 4. The molecule has 10 heteroatoms. The molecule has 2 rings (SSSR count). The summed E-state index contributed by atoms with van der Waals surface area (Å²) in [6, 6.07) is -1.62. The Morgan fingerprint density at radius 2 is 1.39 bits per heavy atom. The Balaban J connectivity index is 1.75. The van der Waals surface area contributed by atoms with Gasteiger partial charge in [-0.1, -0.05) is 83.6 Å². The first-order valence-corrected chi connectivity index (χ1v) is 17.7. The molecule has 0 radical (unpaired) electrons. The zero-order valence-corrected chi connectivity index (χ0v) is 27.5. The van der Waals surface area contributed by atoms with E-state index < -0.39 is 12.0 Å². The highest BCUT2D eigenvalue weighted by molar-refractivity contribution is 5.84. The van der Waals surface area contributed by atoms with Crippen molar-refractivity contribution in [3.8, 4) is 0 Å². The molecule has 2 saturated heterocycles. The summed E-state index contributed by atoms with van der Waals surface area (Å²) in [5.74, 6) is -0.910. The highest BCUT2D eigenvalue weighted by Crippen LogP contribution is 2.24. The van der Waals surface area contributed by atoms with Gasteiger partial charge in [0.2, 0.25) is 11.8 Å². The van der Waals surface area contributed by atoms with Crippen LogP contribution in [0.3, 0.4) is 0 Å². The summed E-state index contributed by atoms with van der Waals surface area (Å²) in [5, 5.41) is 17.9. The lowest BCUT2D eigenvalue weighted by Gasteiger charge is -2.31. The normalized spacial score (nSPS) is 22.1. The largest absolute Gasteiger partial charge is 0.356 e. The molecule has 44 heavy (non-hydrogen) atoms. The zero-order valence-electron chi connectivity index (χ0n) is 27.5. The smallest absolute Gasteiger partial charge is 0.315 e. The van der Waals surface area contributed by atoms with Crippen molar-refractivity contribution in [2.75, 3.05) is 19.6 Å². The third-order valence-corrected chi connectivity index (χ3v) is 8.85. The van der Waals surface area contributed by atoms with Crippen LogP contribution in [0.1, 0.15) is 135 Å². The van der Waals surface area contributed by atoms with Crippen LogP contribution in [0.5, 0.6) is 0 Å². The van der Waals surface area contributed by atoms with Crippen molar-refractivity contribution >= 4 is 23.9 Å². The van der Waals surface area contributed by atoms with E-state index >= 15 is 0 Å². The number of amides is 6. The van der Waals surface area contributed by atoms with Gasteiger partial charge in [0.15, 0.2) is 0 Å². The number of hydrogen-bond acceptors (Lipinski definition) is 4. The van der Waals surface area contributed by atoms with Gasteiger partial charge >= 0.3 is 12.1 Å². The number of unbranched alkanes of at least 4 members (excludes halogenated alkanes) is 13. The molecule has 0 aromatic carbocycles. The number of nitrogens with one attached hydrogen (secondary N) is 6. The molecule has 6 N–H and O–H groups in total. The summed E-state index contributed by atoms with van der Waals surface area (Å²) in [5.41, 5.74) is 0. The maximum Gasteiger partial charge on any atom is 0.315 e. The van der Waals surface area contributed by atoms with Crippen LogP contribution in [0.2, 0.25) is 0 Å². The van der Waals surface area contributed by atoms with E-state index in [-0.39, 0.29) is 42.4 Å². The van der Waals surface area contributed by atoms with Crippen molar-refractivity contribution in [3.63, 3.8) is 0 Å². The molecule has 2 aliphatic heterocycles. The van der Waals surface area contributed by atoms with E-state index in [1.54, 1.807) is 0 Å². The zero-order chi connectivity index (χ0) is 31.8. The standard InChI is InChI=1S/C34H62N6O4/c1-3-5-7-9-11-13-15-17-23-36-33(43)38-27-21-22-29(39-30(41)26-27)31-28(20-19-25-35-32(31)42)40-34(44)37-24-18-16-14-12-10-8-6-4-2/h4,27-29,31H,2-3,5-26H2,1H3,(H,35,42)(H,39,41)(H2,36,38,43)(H2,37,40,44)/t27?,28-,29-,31?/m0/s1. The van der Waals surface area contributed by atoms with Gasteiger partial charge in [-0.3, -0.25) is 9.59 Å². The average molecular weight is 619 g/mol. The fourth-order valence-electron chi connectivity index (χ4n) is 6.32. The molecule has 0 aromatic rings. The molecule has 0 spiro atoms. The predicted molar refractivity (Wildman–Crippen MR) is 177 cm³/mol. The minimum Gasteiger partial charge on any atom is -0.356 e. The first-order valence-electron chi connectivity index (χ1n) is 17.7. The summed E-state index contributed by atoms with van der Waals surface area (Å²) in [4.78, 5) is 51.3. The lowest BCUT2D eigenvalue weighted by atomic mass is 9.86. The topological polar surface area (TPSA) is 140 Å². The number of hydrogen-bond donors (Lipinski definition) is 6. The molecular formula is C34H62N6O4. The van der Waals surface area contributed by atoms with Crippen molar-refractivity contribution in [3.05, 3.63) is 12.7 Å². The van der Waals surface area contributed by atoms with Gasteiger partial charge in [0.25, 0.3) is 0 Å². The Kier molecular flexibility index (Phi) is 20.0. The van der Waals surface area contributed by atoms with E-state index in [1.807, 2.05) is 6.08 Å². The number of rotatable bonds is 21. The van der Waals surface area contributed by atoms with Gasteiger partial charge in [-0.15, -0.1) is 6.58 Å². The lowest BCUT2D eigenvalue weighted by molar-refractivity contribution is -0.127. The quantitative estimate of drug-likeness (QED) is 0.0739. The molecule has 0 aromatic heterocycles. The maximum absolute atomic E-state index is 13.1. The van der Waals surface area contributed by atoms with Crippen LogP contribution < -0.4 is 31.9 Å². The second-order valence-electron chi connectivity index (χ2n) is 12.7. The van der Waals surface area contributed by atoms with Crippen molar-refractivity contribution in [1.29, 1.82) is 0 Å². The van der Waals surface area contributed by atoms with Gasteiger partial charge in [0.1, 0.15) is 0 Å². The summed E-state index contributed by atoms with van der Waals surface area (Å²) in [6.07, 6.45) is 22.1. The fraction of sp³-hybridized carbons (Fsp3) is 0.824. The summed E-state index contributed by atoms with van der Waals surface area (Å²) in [7, 11) is 0. The first-order chi connectivity index (χ1) is 21.4. The van der Waals surface area contributed by atoms with E-state index in [2.05, 4.69) is 45.4 Å². The molecule has 252 valence electrons. The molecule has 4 atom stereocenters. The van der Waals surface area contributed by atoms with Gasteiger partial charge in [0, 0.05) is 44.2 Å². The van der Waals surface area contributed by atoms with Gasteiger partial charge in [0.05, 0.1) is 5.92 Å². The Labute approximate surface area is 266 Å². The van der Waals surface area contributed by atoms with E-state index in [0.29, 0.717) is 38.9 Å². The molecular weight excluding hydrogens is 556 g/mol. The molecule has 0 saturated carbocycles. The molecule has 0 bridgehead atoms. The second kappa shape index (κ2) is 23.6. The van der Waals surface area contributed by atoms with E-state index in [1.165, 1.54) is 57.8 Å². The van der Waals surface area contributed by atoms with Crippen molar-refractivity contribution < 1.29 is 19.2 Å². The van der Waals surface area contributed by atoms with Crippen LogP contribution in [-0.2, 0) is 9.59 Å². The third-order valence-electron chi connectivity index (χ3n) is 8.85. The Morgan fingerprint density at radius 3 is 2.02 bits per heavy atom. The summed E-state index contributed by atoms with van der Waals surface area (Å²) in [6.45, 7) is 7.74. The van der Waals surface area contributed by atoms with Gasteiger partial charge in [-0.25, -0.2) is 9.59 Å². The maximum atomic E-state index is 13.1. The number of carbonyl (C=O) groups is 4. The summed E-state index contributed by atoms with van der Waals surface area (Å²) >= 11 is 0. The molecule has 2 aliphatic rings. The first kappa shape index (κ1) is 37.4. The van der Waals surface area contributed by atoms with Crippen LogP contribution in [0.25, 0.3) is 0 Å². The minimum absolute atomic E-state index is 0.149. The van der Waals surface area contributed by atoms with Gasteiger partial charge < -0.3 is 31.9 Å². The molecule has 2 unspecified atom stereocenters. The Bertz CT molecular complexity index is 854. The highest BCUT2D eigenvalue weighted by atomic mass is 16.2. The monoisotopic (exact) mass is 618 g/mol. The van der Waals surface area contributed by atoms with Crippen LogP contribution in [-0.4, -0.2) is 61.6 Å². The Hall–Kier alpha value is -2.78. The van der Waals surface area contributed by atoms with Gasteiger partial charge in [-0.05, 0) is 51.4 Å². The molecule has 2 fully saturated rings. The van der Waals surface area contributed by atoms with Crippen molar-refractivity contribution in [2.24, 2.45) is 5.92 Å². The van der Waals surface area contributed by atoms with E-state index in [0.717, 1.165) is 44.9 Å². The average Bonchev–Trinajstić information content (AvgIpc) is 3.29. The second-order valence-corrected chi connectivity index (χ2v) is 12.7. The number of urea groups is 2. The van der Waals surface area contributed by atoms with E-state index in [9.17, 15) is 19.2 Å².